The van der Waals surface area contributed by atoms with Gasteiger partial charge >= 0.3 is 0 Å². The number of nitrogens with zero attached hydrogens (tertiary/aromatic N) is 5. The molecular weight excluding hydrogens is 356 g/mol. The Morgan fingerprint density at radius 3 is 2.96 bits per heavy atom. The lowest BCUT2D eigenvalue weighted by Gasteiger charge is -2.18. The Kier molecular flexibility index (Phi) is 5.77. The SMILES string of the molecule is O=C(CCc1cccnc1)NCc1nnc2n1CCN(Cc1ccoc1)CC2. The summed E-state index contributed by atoms with van der Waals surface area (Å²) in [4.78, 5) is 18.6. The Morgan fingerprint density at radius 2 is 2.14 bits per heavy atom. The fourth-order valence-electron chi connectivity index (χ4n) is 3.43. The zero-order valence-corrected chi connectivity index (χ0v) is 15.8. The number of carbonyl (C=O) groups is 1. The Hall–Kier alpha value is -3.00. The lowest BCUT2D eigenvalue weighted by Crippen LogP contribution is -2.28. The van der Waals surface area contributed by atoms with Crippen LogP contribution in [0.2, 0.25) is 0 Å². The normalized spacial score (nSPS) is 14.4. The highest BCUT2D eigenvalue weighted by atomic mass is 16.3. The molecule has 8 nitrogen and oxygen atoms in total. The van der Waals surface area contributed by atoms with Gasteiger partial charge in [0.2, 0.25) is 5.91 Å². The van der Waals surface area contributed by atoms with E-state index in [9.17, 15) is 4.79 Å². The summed E-state index contributed by atoms with van der Waals surface area (Å²) in [7, 11) is 0. The molecule has 4 heterocycles. The van der Waals surface area contributed by atoms with Gasteiger partial charge in [0.1, 0.15) is 5.82 Å². The molecule has 0 aliphatic carbocycles. The molecule has 146 valence electrons. The third-order valence-electron chi connectivity index (χ3n) is 4.99. The topological polar surface area (TPSA) is 89.1 Å². The number of fused-ring (bicyclic) bond motifs is 1. The van der Waals surface area contributed by atoms with Crippen LogP contribution in [0.25, 0.3) is 0 Å². The van der Waals surface area contributed by atoms with E-state index in [-0.39, 0.29) is 5.91 Å². The van der Waals surface area contributed by atoms with Gasteiger partial charge in [0.25, 0.3) is 0 Å². The number of aromatic nitrogens is 4. The number of nitrogens with one attached hydrogen (secondary N) is 1. The van der Waals surface area contributed by atoms with Crippen molar-refractivity contribution in [3.05, 3.63) is 65.9 Å². The van der Waals surface area contributed by atoms with Crippen LogP contribution in [0.3, 0.4) is 0 Å². The van der Waals surface area contributed by atoms with Crippen molar-refractivity contribution in [3.8, 4) is 0 Å². The molecule has 8 heteroatoms. The number of furan rings is 1. The second-order valence-corrected chi connectivity index (χ2v) is 6.98. The van der Waals surface area contributed by atoms with Crippen LogP contribution >= 0.6 is 0 Å². The standard InChI is InChI=1S/C20H24N6O2/c27-20(4-3-16-2-1-7-21-12-16)22-13-19-24-23-18-5-8-25(9-10-26(18)19)14-17-6-11-28-15-17/h1-2,6-7,11-12,15H,3-5,8-10,13-14H2,(H,22,27). The average molecular weight is 380 g/mol. The minimum absolute atomic E-state index is 0.0106. The van der Waals surface area contributed by atoms with Crippen LogP contribution in [0.15, 0.2) is 47.5 Å². The minimum atomic E-state index is 0.0106. The maximum absolute atomic E-state index is 12.2. The number of hydrogen-bond donors (Lipinski definition) is 1. The van der Waals surface area contributed by atoms with Gasteiger partial charge in [-0.25, -0.2) is 0 Å². The molecule has 28 heavy (non-hydrogen) atoms. The number of amides is 1. The van der Waals surface area contributed by atoms with E-state index in [2.05, 4.69) is 30.0 Å². The molecule has 1 amide bonds. The van der Waals surface area contributed by atoms with E-state index in [4.69, 9.17) is 4.42 Å². The van der Waals surface area contributed by atoms with Gasteiger partial charge in [-0.2, -0.15) is 0 Å². The molecule has 3 aromatic rings. The fourth-order valence-corrected chi connectivity index (χ4v) is 3.43. The third-order valence-corrected chi connectivity index (χ3v) is 4.99. The molecule has 0 saturated carbocycles. The van der Waals surface area contributed by atoms with Crippen LogP contribution in [-0.2, 0) is 37.3 Å². The molecule has 0 unspecified atom stereocenters. The Labute approximate surface area is 163 Å². The molecular formula is C20H24N6O2. The van der Waals surface area contributed by atoms with E-state index in [0.717, 1.165) is 49.8 Å². The average Bonchev–Trinajstić information content (AvgIpc) is 3.32. The van der Waals surface area contributed by atoms with Crippen LogP contribution in [0, 0.1) is 0 Å². The first-order valence-corrected chi connectivity index (χ1v) is 9.58. The molecule has 0 aromatic carbocycles. The molecule has 0 saturated heterocycles. The summed E-state index contributed by atoms with van der Waals surface area (Å²) in [5, 5.41) is 11.6. The summed E-state index contributed by atoms with van der Waals surface area (Å²) in [5.41, 5.74) is 2.24. The summed E-state index contributed by atoms with van der Waals surface area (Å²) in [6.45, 7) is 3.94. The molecule has 4 rings (SSSR count). The lowest BCUT2D eigenvalue weighted by molar-refractivity contribution is -0.121. The molecule has 1 aliphatic rings. The van der Waals surface area contributed by atoms with E-state index in [1.807, 2.05) is 18.2 Å². The zero-order chi connectivity index (χ0) is 19.2. The number of aryl methyl sites for hydroxylation is 1. The number of pyridine rings is 1. The summed E-state index contributed by atoms with van der Waals surface area (Å²) < 4.78 is 7.29. The quantitative estimate of drug-likeness (QED) is 0.669. The van der Waals surface area contributed by atoms with E-state index < -0.39 is 0 Å². The second-order valence-electron chi connectivity index (χ2n) is 6.98. The van der Waals surface area contributed by atoms with Crippen molar-refractivity contribution in [1.29, 1.82) is 0 Å². The number of carbonyl (C=O) groups excluding carboxylic acids is 1. The van der Waals surface area contributed by atoms with Gasteiger partial charge in [-0.15, -0.1) is 10.2 Å². The van der Waals surface area contributed by atoms with Crippen molar-refractivity contribution in [2.24, 2.45) is 0 Å². The molecule has 0 fully saturated rings. The van der Waals surface area contributed by atoms with Gasteiger partial charge in [-0.3, -0.25) is 14.7 Å². The van der Waals surface area contributed by atoms with Crippen molar-refractivity contribution >= 4 is 5.91 Å². The van der Waals surface area contributed by atoms with E-state index in [1.54, 1.807) is 24.9 Å². The van der Waals surface area contributed by atoms with Gasteiger partial charge < -0.3 is 14.3 Å². The van der Waals surface area contributed by atoms with E-state index in [0.29, 0.717) is 19.4 Å². The van der Waals surface area contributed by atoms with Crippen molar-refractivity contribution in [1.82, 2.24) is 30.0 Å². The zero-order valence-electron chi connectivity index (χ0n) is 15.8. The minimum Gasteiger partial charge on any atom is -0.472 e. The Morgan fingerprint density at radius 1 is 1.18 bits per heavy atom. The van der Waals surface area contributed by atoms with Crippen molar-refractivity contribution < 1.29 is 9.21 Å². The maximum Gasteiger partial charge on any atom is 0.220 e. The summed E-state index contributed by atoms with van der Waals surface area (Å²) in [6, 6.07) is 5.86. The highest BCUT2D eigenvalue weighted by Gasteiger charge is 2.19. The molecule has 0 spiro atoms. The molecule has 0 bridgehead atoms. The van der Waals surface area contributed by atoms with Crippen molar-refractivity contribution in [3.63, 3.8) is 0 Å². The van der Waals surface area contributed by atoms with Gasteiger partial charge in [0.05, 0.1) is 19.1 Å². The predicted octanol–water partition coefficient (Wildman–Crippen LogP) is 1.57. The van der Waals surface area contributed by atoms with Crippen LogP contribution in [0.5, 0.6) is 0 Å². The van der Waals surface area contributed by atoms with Gasteiger partial charge in [-0.1, -0.05) is 6.07 Å². The maximum atomic E-state index is 12.2. The smallest absolute Gasteiger partial charge is 0.220 e. The monoisotopic (exact) mass is 380 g/mol. The summed E-state index contributed by atoms with van der Waals surface area (Å²) >= 11 is 0. The lowest BCUT2D eigenvalue weighted by atomic mass is 10.1. The highest BCUT2D eigenvalue weighted by Crippen LogP contribution is 2.13. The van der Waals surface area contributed by atoms with Gasteiger partial charge in [0, 0.05) is 57.0 Å². The van der Waals surface area contributed by atoms with E-state index >= 15 is 0 Å². The predicted molar refractivity (Wildman–Crippen MR) is 102 cm³/mol. The molecule has 3 aromatic heterocycles. The number of hydrogen-bond acceptors (Lipinski definition) is 6. The van der Waals surface area contributed by atoms with Crippen LogP contribution < -0.4 is 5.32 Å². The Balaban J connectivity index is 1.28. The highest BCUT2D eigenvalue weighted by molar-refractivity contribution is 5.76. The molecule has 1 N–H and O–H groups in total. The van der Waals surface area contributed by atoms with Gasteiger partial charge in [0.15, 0.2) is 5.82 Å². The first-order valence-electron chi connectivity index (χ1n) is 9.58. The van der Waals surface area contributed by atoms with E-state index in [1.165, 1.54) is 5.56 Å². The third kappa shape index (κ3) is 4.64. The summed E-state index contributed by atoms with van der Waals surface area (Å²) in [6.07, 6.45) is 8.98. The van der Waals surface area contributed by atoms with Gasteiger partial charge in [-0.05, 0) is 24.1 Å². The summed E-state index contributed by atoms with van der Waals surface area (Å²) in [5.74, 6) is 1.81. The molecule has 0 radical (unpaired) electrons. The van der Waals surface area contributed by atoms with Crippen molar-refractivity contribution in [2.75, 3.05) is 13.1 Å². The van der Waals surface area contributed by atoms with Crippen LogP contribution in [-0.4, -0.2) is 43.6 Å². The fraction of sp³-hybridized carbons (Fsp3) is 0.400. The largest absolute Gasteiger partial charge is 0.472 e. The van der Waals surface area contributed by atoms with Crippen LogP contribution in [0.1, 0.15) is 29.2 Å². The molecule has 1 aliphatic heterocycles. The Bertz CT molecular complexity index is 891. The second kappa shape index (κ2) is 8.79. The van der Waals surface area contributed by atoms with Crippen molar-refractivity contribution in [2.45, 2.75) is 38.9 Å². The van der Waals surface area contributed by atoms with Crippen LogP contribution in [0.4, 0.5) is 0 Å². The first-order chi connectivity index (χ1) is 13.8. The number of rotatable bonds is 7. The molecule has 0 atom stereocenters. The first kappa shape index (κ1) is 18.4.